The Morgan fingerprint density at radius 1 is 1.55 bits per heavy atom. The molecule has 1 heterocycles. The summed E-state index contributed by atoms with van der Waals surface area (Å²) >= 11 is 0. The lowest BCUT2D eigenvalue weighted by atomic mass is 10.3. The van der Waals surface area contributed by atoms with Gasteiger partial charge in [0.1, 0.15) is 12.3 Å². The molecule has 1 amide bonds. The van der Waals surface area contributed by atoms with Gasteiger partial charge in [0.05, 0.1) is 19.7 Å². The molecule has 1 rings (SSSR count). The smallest absolute Gasteiger partial charge is 0.287 e. The number of halogens is 2. The fourth-order valence-corrected chi connectivity index (χ4v) is 1.26. The van der Waals surface area contributed by atoms with E-state index in [1.807, 2.05) is 5.32 Å². The van der Waals surface area contributed by atoms with Crippen molar-refractivity contribution < 1.29 is 23.4 Å². The maximum absolute atomic E-state index is 12.8. The fourth-order valence-electron chi connectivity index (χ4n) is 1.26. The number of hydrogen-bond acceptors (Lipinski definition) is 5. The van der Waals surface area contributed by atoms with E-state index >= 15 is 0 Å². The maximum atomic E-state index is 12.8. The minimum Gasteiger partial charge on any atom is -0.390 e. The number of nitrogens with zero attached hydrogens (tertiary/aromatic N) is 2. The van der Waals surface area contributed by atoms with E-state index in [0.29, 0.717) is 0 Å². The van der Waals surface area contributed by atoms with Crippen molar-refractivity contribution in [3.8, 4) is 0 Å². The minimum atomic E-state index is -3.40. The van der Waals surface area contributed by atoms with E-state index in [0.717, 1.165) is 16.8 Å². The highest BCUT2D eigenvalue weighted by Gasteiger charge is 2.28. The van der Waals surface area contributed by atoms with Crippen LogP contribution in [0.5, 0.6) is 0 Å². The molecular weight excluding hydrogens is 276 g/mol. The number of ether oxygens (including phenoxy) is 1. The van der Waals surface area contributed by atoms with Crippen LogP contribution in [0.1, 0.15) is 10.5 Å². The summed E-state index contributed by atoms with van der Waals surface area (Å²) in [6.07, 6.45) is 0. The lowest BCUT2D eigenvalue weighted by Gasteiger charge is -2.13. The number of methoxy groups -OCH3 is 1. The van der Waals surface area contributed by atoms with Gasteiger partial charge in [-0.3, -0.25) is 9.59 Å². The maximum Gasteiger partial charge on any atom is 0.287 e. The number of aromatic nitrogens is 2. The van der Waals surface area contributed by atoms with Gasteiger partial charge in [-0.15, -0.1) is 0 Å². The van der Waals surface area contributed by atoms with Crippen LogP contribution in [0.25, 0.3) is 0 Å². The zero-order valence-corrected chi connectivity index (χ0v) is 10.8. The quantitative estimate of drug-likeness (QED) is 0.689. The van der Waals surface area contributed by atoms with Gasteiger partial charge in [-0.25, -0.2) is 13.5 Å². The highest BCUT2D eigenvalue weighted by Crippen LogP contribution is 2.09. The molecule has 112 valence electrons. The molecule has 0 saturated carbocycles. The van der Waals surface area contributed by atoms with Gasteiger partial charge in [0.15, 0.2) is 0 Å². The molecule has 20 heavy (non-hydrogen) atoms. The largest absolute Gasteiger partial charge is 0.390 e. The molecule has 0 bridgehead atoms. The van der Waals surface area contributed by atoms with Gasteiger partial charge in [0.25, 0.3) is 17.4 Å². The molecular formula is C11H15F2N3O4. The first-order chi connectivity index (χ1) is 9.39. The molecule has 0 aliphatic carbocycles. The number of alkyl halides is 2. The van der Waals surface area contributed by atoms with E-state index in [1.54, 1.807) is 0 Å². The second-order valence-corrected chi connectivity index (χ2v) is 3.97. The number of rotatable bonds is 7. The second kappa shape index (κ2) is 7.06. The summed E-state index contributed by atoms with van der Waals surface area (Å²) in [5.74, 6) is -4.26. The monoisotopic (exact) mass is 291 g/mol. The van der Waals surface area contributed by atoms with E-state index in [9.17, 15) is 18.4 Å². The second-order valence-electron chi connectivity index (χ2n) is 3.97. The first kappa shape index (κ1) is 16.2. The fraction of sp³-hybridized carbons (Fsp3) is 0.545. The van der Waals surface area contributed by atoms with Crippen LogP contribution in [-0.2, 0) is 11.3 Å². The summed E-state index contributed by atoms with van der Waals surface area (Å²) in [4.78, 5) is 23.0. The SMILES string of the molecule is COCCn1nc(C(=O)NCC(F)(F)CO)ccc1=O. The summed E-state index contributed by atoms with van der Waals surface area (Å²) in [6, 6.07) is 2.25. The molecule has 7 nitrogen and oxygen atoms in total. The molecule has 1 aromatic rings. The third-order valence-corrected chi connectivity index (χ3v) is 2.35. The van der Waals surface area contributed by atoms with Gasteiger partial charge in [-0.05, 0) is 6.07 Å². The zero-order valence-electron chi connectivity index (χ0n) is 10.8. The van der Waals surface area contributed by atoms with E-state index in [2.05, 4.69) is 5.10 Å². The third kappa shape index (κ3) is 4.67. The Hall–Kier alpha value is -1.87. The van der Waals surface area contributed by atoms with E-state index in [-0.39, 0.29) is 18.8 Å². The van der Waals surface area contributed by atoms with Crippen LogP contribution < -0.4 is 10.9 Å². The Bertz CT molecular complexity index is 519. The van der Waals surface area contributed by atoms with E-state index in [4.69, 9.17) is 9.84 Å². The molecule has 0 unspecified atom stereocenters. The number of amides is 1. The summed E-state index contributed by atoms with van der Waals surface area (Å²) in [7, 11) is 1.44. The van der Waals surface area contributed by atoms with E-state index < -0.39 is 30.5 Å². The Labute approximate surface area is 113 Å². The number of carbonyl (C=O) groups excluding carboxylic acids is 1. The Kier molecular flexibility index (Phi) is 5.71. The molecule has 2 N–H and O–H groups in total. The molecule has 0 aromatic carbocycles. The first-order valence-electron chi connectivity index (χ1n) is 5.73. The molecule has 0 atom stereocenters. The van der Waals surface area contributed by atoms with Crippen LogP contribution in [0, 0.1) is 0 Å². The average Bonchev–Trinajstić information content (AvgIpc) is 2.44. The van der Waals surface area contributed by atoms with Gasteiger partial charge in [0, 0.05) is 13.2 Å². The summed E-state index contributed by atoms with van der Waals surface area (Å²) in [5.41, 5.74) is -0.603. The topological polar surface area (TPSA) is 93.5 Å². The van der Waals surface area contributed by atoms with Gasteiger partial charge < -0.3 is 15.2 Å². The predicted molar refractivity (Wildman–Crippen MR) is 64.7 cm³/mol. The molecule has 0 aliphatic rings. The van der Waals surface area contributed by atoms with Crippen LogP contribution in [0.15, 0.2) is 16.9 Å². The van der Waals surface area contributed by atoms with Crippen molar-refractivity contribution in [1.82, 2.24) is 15.1 Å². The van der Waals surface area contributed by atoms with Crippen molar-refractivity contribution in [1.29, 1.82) is 0 Å². The molecule has 0 spiro atoms. The average molecular weight is 291 g/mol. The van der Waals surface area contributed by atoms with Crippen LogP contribution in [0.3, 0.4) is 0 Å². The number of aliphatic hydroxyl groups is 1. The predicted octanol–water partition coefficient (Wildman–Crippen LogP) is -0.753. The summed E-state index contributed by atoms with van der Waals surface area (Å²) in [6.45, 7) is -2.01. The lowest BCUT2D eigenvalue weighted by molar-refractivity contribution is -0.0462. The van der Waals surface area contributed by atoms with Crippen molar-refractivity contribution in [2.75, 3.05) is 26.9 Å². The van der Waals surface area contributed by atoms with Crippen LogP contribution in [0.2, 0.25) is 0 Å². The molecule has 0 fully saturated rings. The van der Waals surface area contributed by atoms with Crippen LogP contribution >= 0.6 is 0 Å². The summed E-state index contributed by atoms with van der Waals surface area (Å²) in [5, 5.41) is 14.1. The number of nitrogens with one attached hydrogen (secondary N) is 1. The molecule has 9 heteroatoms. The highest BCUT2D eigenvalue weighted by atomic mass is 19.3. The number of aliphatic hydroxyl groups excluding tert-OH is 1. The van der Waals surface area contributed by atoms with Crippen molar-refractivity contribution in [3.63, 3.8) is 0 Å². The molecule has 0 saturated heterocycles. The standard InChI is InChI=1S/C11H15F2N3O4/c1-20-5-4-16-9(18)3-2-8(15-16)10(19)14-6-11(12,13)7-17/h2-3,17H,4-7H2,1H3,(H,14,19). The minimum absolute atomic E-state index is 0.142. The molecule has 1 aromatic heterocycles. The van der Waals surface area contributed by atoms with Gasteiger partial charge >= 0.3 is 0 Å². The van der Waals surface area contributed by atoms with Gasteiger partial charge in [-0.1, -0.05) is 0 Å². The van der Waals surface area contributed by atoms with Gasteiger partial charge in [0.2, 0.25) is 0 Å². The number of hydrogen-bond donors (Lipinski definition) is 2. The zero-order chi connectivity index (χ0) is 15.2. The van der Waals surface area contributed by atoms with Crippen molar-refractivity contribution in [3.05, 3.63) is 28.2 Å². The van der Waals surface area contributed by atoms with Crippen LogP contribution in [-0.4, -0.2) is 53.6 Å². The summed E-state index contributed by atoms with van der Waals surface area (Å²) < 4.78 is 31.3. The Morgan fingerprint density at radius 2 is 2.25 bits per heavy atom. The highest BCUT2D eigenvalue weighted by molar-refractivity contribution is 5.92. The molecule has 0 aliphatic heterocycles. The molecule has 0 radical (unpaired) electrons. The normalized spacial score (nSPS) is 11.4. The van der Waals surface area contributed by atoms with Gasteiger partial charge in [-0.2, -0.15) is 5.10 Å². The third-order valence-electron chi connectivity index (χ3n) is 2.35. The first-order valence-corrected chi connectivity index (χ1v) is 5.73. The Morgan fingerprint density at radius 3 is 2.85 bits per heavy atom. The number of carbonyl (C=O) groups is 1. The lowest BCUT2D eigenvalue weighted by Crippen LogP contribution is -2.40. The van der Waals surface area contributed by atoms with Crippen molar-refractivity contribution in [2.24, 2.45) is 0 Å². The van der Waals surface area contributed by atoms with Crippen LogP contribution in [0.4, 0.5) is 8.78 Å². The van der Waals surface area contributed by atoms with Crippen molar-refractivity contribution in [2.45, 2.75) is 12.5 Å². The van der Waals surface area contributed by atoms with Crippen molar-refractivity contribution >= 4 is 5.91 Å². The van der Waals surface area contributed by atoms with E-state index in [1.165, 1.54) is 7.11 Å². The Balaban J connectivity index is 2.76.